The van der Waals surface area contributed by atoms with Gasteiger partial charge >= 0.3 is 0 Å². The molecule has 21 heavy (non-hydrogen) atoms. The van der Waals surface area contributed by atoms with Crippen molar-refractivity contribution in [3.8, 4) is 0 Å². The van der Waals surface area contributed by atoms with Crippen LogP contribution in [0.15, 0.2) is 35.2 Å². The molecule has 2 N–H and O–H groups in total. The van der Waals surface area contributed by atoms with Crippen LogP contribution >= 0.6 is 11.5 Å². The molecule has 0 aliphatic carbocycles. The number of aromatic nitrogens is 4. The highest BCUT2D eigenvalue weighted by Crippen LogP contribution is 2.21. The average Bonchev–Trinajstić information content (AvgIpc) is 2.98. The molecule has 2 heterocycles. The summed E-state index contributed by atoms with van der Waals surface area (Å²) in [4.78, 5) is 4.46. The van der Waals surface area contributed by atoms with Gasteiger partial charge in [0.25, 0.3) is 10.0 Å². The van der Waals surface area contributed by atoms with Crippen molar-refractivity contribution in [1.82, 2.24) is 19.8 Å². The molecule has 1 aromatic carbocycles. The fourth-order valence-electron chi connectivity index (χ4n) is 1.76. The van der Waals surface area contributed by atoms with Crippen molar-refractivity contribution in [3.63, 3.8) is 0 Å². The summed E-state index contributed by atoms with van der Waals surface area (Å²) in [5, 5.41) is 10.7. The van der Waals surface area contributed by atoms with E-state index in [9.17, 15) is 8.42 Å². The third-order valence-corrected chi connectivity index (χ3v) is 4.73. The summed E-state index contributed by atoms with van der Waals surface area (Å²) >= 11 is 0.870. The van der Waals surface area contributed by atoms with Crippen LogP contribution in [0.4, 0.5) is 10.9 Å². The third-order valence-electron chi connectivity index (χ3n) is 2.75. The Kier molecular flexibility index (Phi) is 3.39. The Morgan fingerprint density at radius 3 is 2.76 bits per heavy atom. The molecule has 0 amide bonds. The Balaban J connectivity index is 2.00. The van der Waals surface area contributed by atoms with E-state index in [0.29, 0.717) is 5.52 Å². The molecular weight excluding hydrogens is 312 g/mol. The molecule has 0 aliphatic rings. The second kappa shape index (κ2) is 5.22. The van der Waals surface area contributed by atoms with Gasteiger partial charge in [-0.2, -0.15) is 0 Å². The van der Waals surface area contributed by atoms with Gasteiger partial charge in [-0.15, -0.1) is 0 Å². The van der Waals surface area contributed by atoms with E-state index in [1.807, 2.05) is 0 Å². The van der Waals surface area contributed by atoms with Crippen molar-refractivity contribution in [2.24, 2.45) is 0 Å². The van der Waals surface area contributed by atoms with Crippen LogP contribution in [-0.4, -0.2) is 35.2 Å². The van der Waals surface area contributed by atoms with Gasteiger partial charge in [0.05, 0.1) is 10.4 Å². The molecule has 0 saturated carbocycles. The van der Waals surface area contributed by atoms with E-state index in [1.165, 1.54) is 6.07 Å². The minimum absolute atomic E-state index is 0.124. The van der Waals surface area contributed by atoms with Gasteiger partial charge in [-0.1, -0.05) is 9.59 Å². The Hall–Kier alpha value is -2.33. The number of pyridine rings is 1. The van der Waals surface area contributed by atoms with Gasteiger partial charge in [0.1, 0.15) is 5.82 Å². The highest BCUT2D eigenvalue weighted by Gasteiger charge is 2.16. The SMILES string of the molecule is CNc1ccc2cc(S(=O)(=O)Nc3nnns3)ccc2n1. The minimum Gasteiger partial charge on any atom is -0.373 e. The second-order valence-electron chi connectivity index (χ2n) is 4.07. The topological polar surface area (TPSA) is 110 Å². The lowest BCUT2D eigenvalue weighted by molar-refractivity contribution is 0.601. The molecule has 10 heteroatoms. The maximum atomic E-state index is 12.2. The van der Waals surface area contributed by atoms with Crippen molar-refractivity contribution >= 4 is 43.4 Å². The molecule has 0 spiro atoms. The van der Waals surface area contributed by atoms with E-state index in [-0.39, 0.29) is 10.0 Å². The minimum atomic E-state index is -3.72. The van der Waals surface area contributed by atoms with Gasteiger partial charge in [0.2, 0.25) is 5.13 Å². The molecule has 0 fully saturated rings. The van der Waals surface area contributed by atoms with Crippen LogP contribution in [0.25, 0.3) is 10.9 Å². The molecule has 0 aliphatic heterocycles. The van der Waals surface area contributed by atoms with Crippen molar-refractivity contribution in [2.75, 3.05) is 17.1 Å². The van der Waals surface area contributed by atoms with Gasteiger partial charge < -0.3 is 5.32 Å². The summed E-state index contributed by atoms with van der Waals surface area (Å²) in [5.74, 6) is 0.719. The van der Waals surface area contributed by atoms with E-state index in [2.05, 4.69) is 29.8 Å². The monoisotopic (exact) mass is 322 g/mol. The molecule has 3 rings (SSSR count). The second-order valence-corrected chi connectivity index (χ2v) is 6.49. The summed E-state index contributed by atoms with van der Waals surface area (Å²) in [5.41, 5.74) is 0.707. The zero-order chi connectivity index (χ0) is 14.9. The van der Waals surface area contributed by atoms with Crippen LogP contribution < -0.4 is 10.0 Å². The molecule has 0 radical (unpaired) electrons. The number of hydrogen-bond acceptors (Lipinski definition) is 8. The van der Waals surface area contributed by atoms with Crippen LogP contribution in [0.3, 0.4) is 0 Å². The number of benzene rings is 1. The summed E-state index contributed by atoms with van der Waals surface area (Å²) < 4.78 is 30.3. The van der Waals surface area contributed by atoms with Crippen LogP contribution in [0.2, 0.25) is 0 Å². The summed E-state index contributed by atoms with van der Waals surface area (Å²) in [7, 11) is -1.95. The maximum Gasteiger partial charge on any atom is 0.263 e. The van der Waals surface area contributed by atoms with Crippen LogP contribution in [0, 0.1) is 0 Å². The lowest BCUT2D eigenvalue weighted by atomic mass is 10.2. The Labute approximate surface area is 124 Å². The smallest absolute Gasteiger partial charge is 0.263 e. The van der Waals surface area contributed by atoms with E-state index in [4.69, 9.17) is 0 Å². The van der Waals surface area contributed by atoms with Gasteiger partial charge in [0, 0.05) is 24.0 Å². The first-order valence-corrected chi connectivity index (χ1v) is 8.10. The van der Waals surface area contributed by atoms with E-state index in [0.717, 1.165) is 22.7 Å². The van der Waals surface area contributed by atoms with E-state index >= 15 is 0 Å². The third kappa shape index (κ3) is 2.76. The summed E-state index contributed by atoms with van der Waals surface area (Å²) in [6.45, 7) is 0. The predicted octanol–water partition coefficient (Wildman–Crippen LogP) is 1.32. The number of fused-ring (bicyclic) bond motifs is 1. The Bertz CT molecular complexity index is 879. The first kappa shape index (κ1) is 13.6. The number of sulfonamides is 1. The molecule has 8 nitrogen and oxygen atoms in total. The van der Waals surface area contributed by atoms with E-state index in [1.54, 1.807) is 31.3 Å². The number of rotatable bonds is 4. The molecular formula is C11H10N6O2S2. The molecule has 108 valence electrons. The summed E-state index contributed by atoms with van der Waals surface area (Å²) in [6, 6.07) is 8.29. The number of hydrogen-bond donors (Lipinski definition) is 2. The molecule has 0 bridgehead atoms. The van der Waals surface area contributed by atoms with E-state index < -0.39 is 10.0 Å². The predicted molar refractivity (Wildman–Crippen MR) is 79.8 cm³/mol. The average molecular weight is 322 g/mol. The molecule has 3 aromatic rings. The number of nitrogens with one attached hydrogen (secondary N) is 2. The van der Waals surface area contributed by atoms with Crippen LogP contribution in [0.1, 0.15) is 0 Å². The van der Waals surface area contributed by atoms with Crippen molar-refractivity contribution in [2.45, 2.75) is 4.90 Å². The highest BCUT2D eigenvalue weighted by molar-refractivity contribution is 7.93. The number of anilines is 2. The number of nitrogens with zero attached hydrogens (tertiary/aromatic N) is 4. The van der Waals surface area contributed by atoms with Crippen molar-refractivity contribution < 1.29 is 8.42 Å². The normalized spacial score (nSPS) is 11.5. The Morgan fingerprint density at radius 1 is 1.19 bits per heavy atom. The van der Waals surface area contributed by atoms with Gasteiger partial charge in [-0.05, 0) is 35.5 Å². The summed E-state index contributed by atoms with van der Waals surface area (Å²) in [6.07, 6.45) is 0. The first-order chi connectivity index (χ1) is 10.1. The van der Waals surface area contributed by atoms with Gasteiger partial charge in [-0.3, -0.25) is 4.72 Å². The fourth-order valence-corrected chi connectivity index (χ4v) is 3.38. The maximum absolute atomic E-state index is 12.2. The fraction of sp³-hybridized carbons (Fsp3) is 0.0909. The van der Waals surface area contributed by atoms with Crippen LogP contribution in [-0.2, 0) is 10.0 Å². The largest absolute Gasteiger partial charge is 0.373 e. The molecule has 0 atom stereocenters. The molecule has 2 aromatic heterocycles. The molecule has 0 saturated heterocycles. The lowest BCUT2D eigenvalue weighted by Crippen LogP contribution is -2.12. The van der Waals surface area contributed by atoms with Crippen molar-refractivity contribution in [3.05, 3.63) is 30.3 Å². The lowest BCUT2D eigenvalue weighted by Gasteiger charge is -2.06. The van der Waals surface area contributed by atoms with Crippen molar-refractivity contribution in [1.29, 1.82) is 0 Å². The highest BCUT2D eigenvalue weighted by atomic mass is 32.2. The quantitative estimate of drug-likeness (QED) is 0.745. The Morgan fingerprint density at radius 2 is 2.05 bits per heavy atom. The van der Waals surface area contributed by atoms with Crippen LogP contribution in [0.5, 0.6) is 0 Å². The first-order valence-electron chi connectivity index (χ1n) is 5.85. The van der Waals surface area contributed by atoms with Gasteiger partial charge in [-0.25, -0.2) is 13.4 Å². The zero-order valence-electron chi connectivity index (χ0n) is 10.8. The molecule has 0 unspecified atom stereocenters. The van der Waals surface area contributed by atoms with Gasteiger partial charge in [0.15, 0.2) is 0 Å². The zero-order valence-corrected chi connectivity index (χ0v) is 12.4. The standard InChI is InChI=1S/C11H10N6O2S2/c1-12-10-5-2-7-6-8(3-4-9(7)13-10)21(18,19)15-11-14-16-17-20-11/h2-6H,1H3,(H,12,13)(H,14,15,17).